The number of aliphatic hydroxyl groups is 1. The summed E-state index contributed by atoms with van der Waals surface area (Å²) in [6, 6.07) is 5.99. The predicted molar refractivity (Wildman–Crippen MR) is 74.5 cm³/mol. The molecule has 2 aromatic rings. The summed E-state index contributed by atoms with van der Waals surface area (Å²) < 4.78 is 18.3. The summed E-state index contributed by atoms with van der Waals surface area (Å²) in [5.74, 6) is 0.170. The van der Waals surface area contributed by atoms with E-state index in [-0.39, 0.29) is 12.4 Å². The summed E-state index contributed by atoms with van der Waals surface area (Å²) in [7, 11) is 0. The number of halogens is 1. The van der Waals surface area contributed by atoms with Crippen LogP contribution in [-0.2, 0) is 6.54 Å². The number of hydrogen-bond acceptors (Lipinski definition) is 4. The third-order valence-corrected chi connectivity index (χ3v) is 2.83. The first-order valence-electron chi connectivity index (χ1n) is 6.37. The lowest BCUT2D eigenvalue weighted by Crippen LogP contribution is -2.26. The van der Waals surface area contributed by atoms with Gasteiger partial charge in [0.05, 0.1) is 12.3 Å². The quantitative estimate of drug-likeness (QED) is 0.789. The van der Waals surface area contributed by atoms with Crippen LogP contribution >= 0.6 is 0 Å². The van der Waals surface area contributed by atoms with E-state index in [0.29, 0.717) is 25.5 Å². The Morgan fingerprint density at radius 2 is 2.10 bits per heavy atom. The van der Waals surface area contributed by atoms with Gasteiger partial charge in [0.2, 0.25) is 5.89 Å². The molecule has 0 aliphatic rings. The van der Waals surface area contributed by atoms with Crippen LogP contribution in [0.4, 0.5) is 4.39 Å². The number of aromatic nitrogens is 1. The van der Waals surface area contributed by atoms with E-state index in [0.717, 1.165) is 11.3 Å². The molecule has 0 atom stereocenters. The minimum atomic E-state index is -0.291. The van der Waals surface area contributed by atoms with Crippen molar-refractivity contribution in [2.75, 3.05) is 19.7 Å². The Morgan fingerprint density at radius 1 is 1.35 bits per heavy atom. The van der Waals surface area contributed by atoms with Crippen molar-refractivity contribution >= 4 is 0 Å². The Hall–Kier alpha value is -1.98. The van der Waals surface area contributed by atoms with Crippen molar-refractivity contribution < 1.29 is 13.9 Å². The summed E-state index contributed by atoms with van der Waals surface area (Å²) >= 11 is 0. The largest absolute Gasteiger partial charge is 0.444 e. The first-order valence-corrected chi connectivity index (χ1v) is 6.37. The minimum absolute atomic E-state index is 0.0799. The van der Waals surface area contributed by atoms with E-state index in [9.17, 15) is 4.39 Å². The smallest absolute Gasteiger partial charge is 0.226 e. The van der Waals surface area contributed by atoms with Crippen molar-refractivity contribution in [1.29, 1.82) is 0 Å². The van der Waals surface area contributed by atoms with Crippen LogP contribution < -0.4 is 0 Å². The monoisotopic (exact) mass is 276 g/mol. The van der Waals surface area contributed by atoms with Crippen LogP contribution in [0.3, 0.4) is 0 Å². The van der Waals surface area contributed by atoms with Crippen molar-refractivity contribution in [2.24, 2.45) is 0 Å². The fraction of sp³-hybridized carbons (Fsp3) is 0.267. The van der Waals surface area contributed by atoms with E-state index < -0.39 is 0 Å². The van der Waals surface area contributed by atoms with E-state index >= 15 is 0 Å². The molecule has 1 heterocycles. The molecule has 0 saturated heterocycles. The van der Waals surface area contributed by atoms with Gasteiger partial charge in [-0.3, -0.25) is 4.90 Å². The van der Waals surface area contributed by atoms with Gasteiger partial charge in [-0.25, -0.2) is 9.37 Å². The Kier molecular flexibility index (Phi) is 5.03. The molecule has 106 valence electrons. The van der Waals surface area contributed by atoms with Crippen LogP contribution in [0.15, 0.2) is 47.6 Å². The summed E-state index contributed by atoms with van der Waals surface area (Å²) in [4.78, 5) is 6.37. The molecule has 0 unspecified atom stereocenters. The molecular weight excluding hydrogens is 259 g/mol. The molecular formula is C15H17FN2O2. The van der Waals surface area contributed by atoms with Crippen molar-refractivity contribution in [3.8, 4) is 11.5 Å². The average molecular weight is 276 g/mol. The van der Waals surface area contributed by atoms with E-state index in [2.05, 4.69) is 11.6 Å². The van der Waals surface area contributed by atoms with Gasteiger partial charge < -0.3 is 9.52 Å². The van der Waals surface area contributed by atoms with Gasteiger partial charge in [0.25, 0.3) is 0 Å². The van der Waals surface area contributed by atoms with E-state index in [1.165, 1.54) is 12.1 Å². The molecule has 0 saturated carbocycles. The van der Waals surface area contributed by atoms with Crippen LogP contribution in [0.1, 0.15) is 5.69 Å². The SMILES string of the molecule is C=CCN(CCO)Cc1coc(-c2ccc(F)cc2)n1. The fourth-order valence-electron chi connectivity index (χ4n) is 1.89. The van der Waals surface area contributed by atoms with Gasteiger partial charge in [-0.05, 0) is 24.3 Å². The molecule has 0 radical (unpaired) electrons. The first-order chi connectivity index (χ1) is 9.72. The van der Waals surface area contributed by atoms with Crippen LogP contribution in [-0.4, -0.2) is 34.7 Å². The minimum Gasteiger partial charge on any atom is -0.444 e. The number of benzene rings is 1. The Labute approximate surface area is 117 Å². The molecule has 1 N–H and O–H groups in total. The van der Waals surface area contributed by atoms with Crippen molar-refractivity contribution in [3.05, 3.63) is 54.7 Å². The zero-order chi connectivity index (χ0) is 14.4. The summed E-state index contributed by atoms with van der Waals surface area (Å²) in [5.41, 5.74) is 1.50. The topological polar surface area (TPSA) is 49.5 Å². The molecule has 0 spiro atoms. The lowest BCUT2D eigenvalue weighted by atomic mass is 10.2. The van der Waals surface area contributed by atoms with Gasteiger partial charge in [0.15, 0.2) is 0 Å². The Balaban J connectivity index is 2.08. The highest BCUT2D eigenvalue weighted by Crippen LogP contribution is 2.19. The summed E-state index contributed by atoms with van der Waals surface area (Å²) in [6.07, 6.45) is 3.35. The molecule has 5 heteroatoms. The molecule has 20 heavy (non-hydrogen) atoms. The van der Waals surface area contributed by atoms with E-state index in [1.54, 1.807) is 24.5 Å². The molecule has 2 rings (SSSR count). The third-order valence-electron chi connectivity index (χ3n) is 2.83. The number of aliphatic hydroxyl groups excluding tert-OH is 1. The predicted octanol–water partition coefficient (Wildman–Crippen LogP) is 2.46. The lowest BCUT2D eigenvalue weighted by molar-refractivity contribution is 0.202. The maximum Gasteiger partial charge on any atom is 0.226 e. The maximum absolute atomic E-state index is 12.9. The highest BCUT2D eigenvalue weighted by atomic mass is 19.1. The molecule has 1 aromatic carbocycles. The number of nitrogens with zero attached hydrogens (tertiary/aromatic N) is 2. The number of oxazole rings is 1. The van der Waals surface area contributed by atoms with Gasteiger partial charge in [0.1, 0.15) is 12.1 Å². The van der Waals surface area contributed by atoms with Crippen LogP contribution in [0, 0.1) is 5.82 Å². The zero-order valence-electron chi connectivity index (χ0n) is 11.1. The van der Waals surface area contributed by atoms with Crippen molar-refractivity contribution in [1.82, 2.24) is 9.88 Å². The van der Waals surface area contributed by atoms with Gasteiger partial charge in [-0.15, -0.1) is 6.58 Å². The van der Waals surface area contributed by atoms with E-state index in [4.69, 9.17) is 9.52 Å². The van der Waals surface area contributed by atoms with Gasteiger partial charge in [0, 0.05) is 25.2 Å². The molecule has 0 aliphatic carbocycles. The summed E-state index contributed by atoms with van der Waals surface area (Å²) in [6.45, 7) is 5.54. The first kappa shape index (κ1) is 14.4. The Morgan fingerprint density at radius 3 is 2.75 bits per heavy atom. The molecule has 0 aliphatic heterocycles. The van der Waals surface area contributed by atoms with E-state index in [1.807, 2.05) is 4.90 Å². The average Bonchev–Trinajstić information content (AvgIpc) is 2.89. The number of rotatable bonds is 7. The second kappa shape index (κ2) is 6.98. The highest BCUT2D eigenvalue weighted by Gasteiger charge is 2.10. The van der Waals surface area contributed by atoms with Gasteiger partial charge in [-0.2, -0.15) is 0 Å². The van der Waals surface area contributed by atoms with Crippen molar-refractivity contribution in [2.45, 2.75) is 6.54 Å². The van der Waals surface area contributed by atoms with Crippen LogP contribution in [0.25, 0.3) is 11.5 Å². The lowest BCUT2D eigenvalue weighted by Gasteiger charge is -2.17. The molecule has 4 nitrogen and oxygen atoms in total. The zero-order valence-corrected chi connectivity index (χ0v) is 11.1. The van der Waals surface area contributed by atoms with Crippen LogP contribution in [0.5, 0.6) is 0 Å². The van der Waals surface area contributed by atoms with Crippen LogP contribution in [0.2, 0.25) is 0 Å². The highest BCUT2D eigenvalue weighted by molar-refractivity contribution is 5.52. The Bertz CT molecular complexity index is 551. The van der Waals surface area contributed by atoms with Gasteiger partial charge in [-0.1, -0.05) is 6.08 Å². The second-order valence-corrected chi connectivity index (χ2v) is 4.40. The van der Waals surface area contributed by atoms with Crippen molar-refractivity contribution in [3.63, 3.8) is 0 Å². The normalized spacial score (nSPS) is 10.9. The molecule has 0 bridgehead atoms. The third kappa shape index (κ3) is 3.76. The number of hydrogen-bond donors (Lipinski definition) is 1. The fourth-order valence-corrected chi connectivity index (χ4v) is 1.89. The molecule has 1 aromatic heterocycles. The second-order valence-electron chi connectivity index (χ2n) is 4.40. The molecule has 0 fully saturated rings. The molecule has 0 amide bonds. The van der Waals surface area contributed by atoms with Gasteiger partial charge >= 0.3 is 0 Å². The summed E-state index contributed by atoms with van der Waals surface area (Å²) in [5, 5.41) is 9.00. The standard InChI is InChI=1S/C15H17FN2O2/c1-2-7-18(8-9-19)10-14-11-20-15(17-14)12-3-5-13(16)6-4-12/h2-6,11,19H,1,7-10H2. The maximum atomic E-state index is 12.9.